The summed E-state index contributed by atoms with van der Waals surface area (Å²) in [7, 11) is 0. The van der Waals surface area contributed by atoms with Crippen LogP contribution in [0, 0.1) is 0 Å². The van der Waals surface area contributed by atoms with Gasteiger partial charge in [-0.25, -0.2) is 4.39 Å². The van der Waals surface area contributed by atoms with Crippen LogP contribution in [0.15, 0.2) is 4.52 Å². The molecule has 1 aromatic rings. The highest BCUT2D eigenvalue weighted by Crippen LogP contribution is 2.37. The third-order valence-corrected chi connectivity index (χ3v) is 1.77. The van der Waals surface area contributed by atoms with Gasteiger partial charge in [0.05, 0.1) is 5.56 Å². The number of nitrogens with zero attached hydrogens (tertiary/aromatic N) is 1. The van der Waals surface area contributed by atoms with Gasteiger partial charge in [-0.05, 0) is 6.42 Å². The quantitative estimate of drug-likeness (QED) is 0.592. The first-order valence-corrected chi connectivity index (χ1v) is 3.17. The Bertz CT molecular complexity index is 258. The molecule has 0 aliphatic heterocycles. The minimum atomic E-state index is -0.957. The fourth-order valence-corrected chi connectivity index (χ4v) is 1.26. The summed E-state index contributed by atoms with van der Waals surface area (Å²) in [5.41, 5.74) is 5.81. The topological polar surface area (TPSA) is 52.0 Å². The first kappa shape index (κ1) is 5.70. The summed E-state index contributed by atoms with van der Waals surface area (Å²) in [5, 5.41) is 3.45. The van der Waals surface area contributed by atoms with Crippen molar-refractivity contribution < 1.29 is 8.91 Å². The van der Waals surface area contributed by atoms with Crippen LogP contribution in [0.25, 0.3) is 0 Å². The maximum atomic E-state index is 12.8. The average molecular weight is 142 g/mol. The summed E-state index contributed by atoms with van der Waals surface area (Å²) < 4.78 is 17.6. The lowest BCUT2D eigenvalue weighted by atomic mass is 10.2. The second kappa shape index (κ2) is 1.71. The first-order chi connectivity index (χ1) is 4.79. The fraction of sp³-hybridized carbons (Fsp3) is 0.500. The van der Waals surface area contributed by atoms with E-state index in [9.17, 15) is 4.39 Å². The van der Waals surface area contributed by atoms with Gasteiger partial charge < -0.3 is 10.3 Å². The molecule has 0 spiro atoms. The second-order valence-corrected chi connectivity index (χ2v) is 2.41. The van der Waals surface area contributed by atoms with Gasteiger partial charge in [0.25, 0.3) is 0 Å². The third-order valence-electron chi connectivity index (χ3n) is 1.77. The molecule has 2 N–H and O–H groups in total. The average Bonchev–Trinajstić information content (AvgIpc) is 2.40. The van der Waals surface area contributed by atoms with E-state index in [0.29, 0.717) is 24.2 Å². The Kier molecular flexibility index (Phi) is 0.977. The van der Waals surface area contributed by atoms with E-state index in [0.717, 1.165) is 0 Å². The highest BCUT2D eigenvalue weighted by atomic mass is 19.1. The monoisotopic (exact) mass is 142 g/mol. The van der Waals surface area contributed by atoms with Crippen molar-refractivity contribution in [3.8, 4) is 0 Å². The molecule has 54 valence electrons. The highest BCUT2D eigenvalue weighted by molar-refractivity contribution is 5.44. The van der Waals surface area contributed by atoms with Gasteiger partial charge in [0.1, 0.15) is 11.9 Å². The molecule has 0 bridgehead atoms. The number of rotatable bonds is 0. The number of aromatic nitrogens is 1. The smallest absolute Gasteiger partial charge is 0.173 e. The van der Waals surface area contributed by atoms with E-state index in [-0.39, 0.29) is 5.82 Å². The van der Waals surface area contributed by atoms with Crippen LogP contribution in [-0.2, 0) is 6.42 Å². The van der Waals surface area contributed by atoms with Crippen molar-refractivity contribution in [1.29, 1.82) is 0 Å². The molecule has 3 nitrogen and oxygen atoms in total. The van der Waals surface area contributed by atoms with Gasteiger partial charge in [0.2, 0.25) is 0 Å². The van der Waals surface area contributed by atoms with Gasteiger partial charge in [-0.3, -0.25) is 0 Å². The van der Waals surface area contributed by atoms with Crippen LogP contribution >= 0.6 is 0 Å². The molecule has 1 unspecified atom stereocenters. The number of nitrogens with two attached hydrogens (primary N) is 1. The molecular weight excluding hydrogens is 135 g/mol. The predicted octanol–water partition coefficient (Wildman–Crippen LogP) is 1.21. The van der Waals surface area contributed by atoms with E-state index in [2.05, 4.69) is 5.16 Å². The van der Waals surface area contributed by atoms with Gasteiger partial charge in [0.15, 0.2) is 5.82 Å². The summed E-state index contributed by atoms with van der Waals surface area (Å²) in [6.45, 7) is 0. The van der Waals surface area contributed by atoms with Crippen LogP contribution in [0.4, 0.5) is 10.2 Å². The molecule has 1 aliphatic rings. The van der Waals surface area contributed by atoms with Gasteiger partial charge >= 0.3 is 0 Å². The molecule has 4 heteroatoms. The summed E-state index contributed by atoms with van der Waals surface area (Å²) in [4.78, 5) is 0. The molecule has 0 amide bonds. The van der Waals surface area contributed by atoms with Crippen molar-refractivity contribution in [3.05, 3.63) is 11.3 Å². The molecule has 10 heavy (non-hydrogen) atoms. The summed E-state index contributed by atoms with van der Waals surface area (Å²) in [6, 6.07) is 0. The molecule has 0 saturated heterocycles. The van der Waals surface area contributed by atoms with Crippen LogP contribution in [0.5, 0.6) is 0 Å². The predicted molar refractivity (Wildman–Crippen MR) is 33.1 cm³/mol. The Balaban J connectivity index is 2.54. The number of nitrogen functional groups attached to an aromatic ring is 1. The Morgan fingerprint density at radius 2 is 2.50 bits per heavy atom. The molecule has 1 aromatic heterocycles. The number of aryl methyl sites for hydroxylation is 1. The third kappa shape index (κ3) is 0.558. The van der Waals surface area contributed by atoms with E-state index in [1.807, 2.05) is 0 Å². The van der Waals surface area contributed by atoms with E-state index in [1.165, 1.54) is 0 Å². The molecule has 0 aromatic carbocycles. The lowest BCUT2D eigenvalue weighted by molar-refractivity contribution is 0.340. The lowest BCUT2D eigenvalue weighted by Crippen LogP contribution is -1.91. The Labute approximate surface area is 57.0 Å². The summed E-state index contributed by atoms with van der Waals surface area (Å²) in [5.74, 6) is 0.824. The van der Waals surface area contributed by atoms with Gasteiger partial charge in [-0.15, -0.1) is 0 Å². The summed E-state index contributed by atoms with van der Waals surface area (Å²) in [6.07, 6.45) is 0.156. The molecule has 0 saturated carbocycles. The zero-order valence-electron chi connectivity index (χ0n) is 5.30. The van der Waals surface area contributed by atoms with Gasteiger partial charge in [0, 0.05) is 6.42 Å². The van der Waals surface area contributed by atoms with Gasteiger partial charge in [-0.2, -0.15) is 0 Å². The van der Waals surface area contributed by atoms with Crippen LogP contribution in [0.3, 0.4) is 0 Å². The first-order valence-electron chi connectivity index (χ1n) is 3.17. The zero-order valence-corrected chi connectivity index (χ0v) is 5.30. The molecule has 0 fully saturated rings. The Hall–Kier alpha value is -1.06. The molecular formula is C6H7FN2O. The molecule has 1 atom stereocenters. The minimum Gasteiger partial charge on any atom is -0.381 e. The fourth-order valence-electron chi connectivity index (χ4n) is 1.26. The second-order valence-electron chi connectivity index (χ2n) is 2.41. The lowest BCUT2D eigenvalue weighted by Gasteiger charge is -1.93. The number of anilines is 1. The highest BCUT2D eigenvalue weighted by Gasteiger charge is 2.29. The minimum absolute atomic E-state index is 0.208. The van der Waals surface area contributed by atoms with Crippen molar-refractivity contribution in [3.63, 3.8) is 0 Å². The van der Waals surface area contributed by atoms with E-state index in [1.54, 1.807) is 0 Å². The van der Waals surface area contributed by atoms with Crippen LogP contribution in [-0.4, -0.2) is 5.16 Å². The standard InChI is InChI=1S/C6H7FN2O/c7-3-1-2-4-5(3)6(8)9-10-4/h3H,1-2H2,(H2,8,9). The maximum Gasteiger partial charge on any atom is 0.173 e. The Morgan fingerprint density at radius 1 is 1.70 bits per heavy atom. The van der Waals surface area contributed by atoms with Crippen LogP contribution in [0.1, 0.15) is 23.9 Å². The number of halogens is 1. The van der Waals surface area contributed by atoms with E-state index < -0.39 is 6.17 Å². The molecule has 1 heterocycles. The maximum absolute atomic E-state index is 12.8. The number of alkyl halides is 1. The Morgan fingerprint density at radius 3 is 3.20 bits per heavy atom. The SMILES string of the molecule is Nc1noc2c1C(F)CC2. The van der Waals surface area contributed by atoms with Crippen molar-refractivity contribution >= 4 is 5.82 Å². The normalized spacial score (nSPS) is 23.1. The molecule has 0 radical (unpaired) electrons. The number of hydrogen-bond donors (Lipinski definition) is 1. The largest absolute Gasteiger partial charge is 0.381 e. The van der Waals surface area contributed by atoms with Gasteiger partial charge in [-0.1, -0.05) is 5.16 Å². The number of fused-ring (bicyclic) bond motifs is 1. The van der Waals surface area contributed by atoms with Crippen LogP contribution in [0.2, 0.25) is 0 Å². The van der Waals surface area contributed by atoms with Crippen molar-refractivity contribution in [1.82, 2.24) is 5.16 Å². The summed E-state index contributed by atoms with van der Waals surface area (Å²) >= 11 is 0. The number of hydrogen-bond acceptors (Lipinski definition) is 3. The van der Waals surface area contributed by atoms with E-state index in [4.69, 9.17) is 10.3 Å². The molecule has 2 rings (SSSR count). The van der Waals surface area contributed by atoms with Crippen molar-refractivity contribution in [2.24, 2.45) is 0 Å². The van der Waals surface area contributed by atoms with Crippen LogP contribution < -0.4 is 5.73 Å². The van der Waals surface area contributed by atoms with Crippen molar-refractivity contribution in [2.75, 3.05) is 5.73 Å². The zero-order chi connectivity index (χ0) is 7.14. The molecule has 1 aliphatic carbocycles. The van der Waals surface area contributed by atoms with E-state index >= 15 is 0 Å². The van der Waals surface area contributed by atoms with Crippen molar-refractivity contribution in [2.45, 2.75) is 19.0 Å².